The number of carbonyl (C=O) groups excluding carboxylic acids is 2. The van der Waals surface area contributed by atoms with Gasteiger partial charge in [0.25, 0.3) is 5.91 Å². The summed E-state index contributed by atoms with van der Waals surface area (Å²) in [5, 5.41) is 19.6. The number of anilines is 1. The minimum absolute atomic E-state index is 0.120. The topological polar surface area (TPSA) is 151 Å². The Hall–Kier alpha value is -4.90. The molecule has 0 aliphatic carbocycles. The van der Waals surface area contributed by atoms with Crippen molar-refractivity contribution in [3.8, 4) is 22.4 Å². The Kier molecular flexibility index (Phi) is 6.12. The van der Waals surface area contributed by atoms with Gasteiger partial charge in [0.05, 0.1) is 29.7 Å². The number of benzene rings is 1. The van der Waals surface area contributed by atoms with Crippen LogP contribution in [0.5, 0.6) is 0 Å². The Bertz CT molecular complexity index is 1760. The highest BCUT2D eigenvalue weighted by Gasteiger charge is 2.52. The van der Waals surface area contributed by atoms with Crippen molar-refractivity contribution in [3.63, 3.8) is 0 Å². The number of hydrogen-bond acceptors (Lipinski definition) is 9. The quantitative estimate of drug-likeness (QED) is 0.314. The second-order valence-electron chi connectivity index (χ2n) is 11.1. The van der Waals surface area contributed by atoms with Gasteiger partial charge in [0.15, 0.2) is 17.3 Å². The summed E-state index contributed by atoms with van der Waals surface area (Å²) < 4.78 is 1.44. The fourth-order valence-electron chi connectivity index (χ4n) is 6.62. The molecule has 0 radical (unpaired) electrons. The lowest BCUT2D eigenvalue weighted by molar-refractivity contribution is -0.135. The lowest BCUT2D eigenvalue weighted by atomic mass is 9.80. The number of carbonyl (C=O) groups is 2. The highest BCUT2D eigenvalue weighted by molar-refractivity contribution is 6.38. The largest absolute Gasteiger partial charge is 0.383 e. The number of Topliss-reactive ketones (excluding diaryl/α,β-unsaturated/α-hetero) is 1. The molecule has 3 aliphatic heterocycles. The van der Waals surface area contributed by atoms with Crippen LogP contribution >= 0.6 is 0 Å². The standard InChI is InChI=1S/C31H30N8O3/c1-18(40)25-26(31(42)14-21-9-10-22(15-31)38(21)30(41)28-33-12-5-13-34-28)37-29-23(17-36-39(29)27(25)32)20-8-11-24(35-16-20)19-6-3-2-4-7-19/h2-8,11-12,16-17,21-22,42H,9-10,13-15,32H2,1H3,(H,33,34). The lowest BCUT2D eigenvalue weighted by Crippen LogP contribution is -2.55. The van der Waals surface area contributed by atoms with Gasteiger partial charge in [-0.25, -0.2) is 4.98 Å². The number of pyridine rings is 1. The number of amides is 1. The smallest absolute Gasteiger partial charge is 0.289 e. The first kappa shape index (κ1) is 26.0. The minimum Gasteiger partial charge on any atom is -0.383 e. The van der Waals surface area contributed by atoms with Crippen molar-refractivity contribution in [1.29, 1.82) is 0 Å². The number of nitrogens with zero attached hydrogens (tertiary/aromatic N) is 6. The van der Waals surface area contributed by atoms with Crippen molar-refractivity contribution in [3.05, 3.63) is 78.4 Å². The monoisotopic (exact) mass is 562 g/mol. The van der Waals surface area contributed by atoms with E-state index in [2.05, 4.69) is 20.4 Å². The van der Waals surface area contributed by atoms with Crippen LogP contribution in [0.1, 0.15) is 48.7 Å². The first-order chi connectivity index (χ1) is 20.3. The number of amidine groups is 1. The number of aliphatic hydroxyl groups is 1. The van der Waals surface area contributed by atoms with E-state index in [9.17, 15) is 14.7 Å². The zero-order valence-corrected chi connectivity index (χ0v) is 23.1. The molecule has 1 amide bonds. The Morgan fingerprint density at radius 3 is 2.45 bits per heavy atom. The molecule has 3 aromatic heterocycles. The molecule has 4 N–H and O–H groups in total. The van der Waals surface area contributed by atoms with Crippen molar-refractivity contribution >= 4 is 29.0 Å². The molecular formula is C31H30N8O3. The predicted octanol–water partition coefficient (Wildman–Crippen LogP) is 3.10. The van der Waals surface area contributed by atoms with Crippen LogP contribution in [0.4, 0.5) is 5.82 Å². The van der Waals surface area contributed by atoms with Gasteiger partial charge in [-0.3, -0.25) is 19.6 Å². The van der Waals surface area contributed by atoms with E-state index in [1.165, 1.54) is 11.4 Å². The van der Waals surface area contributed by atoms with Crippen LogP contribution in [-0.4, -0.2) is 65.7 Å². The Labute approximate surface area is 241 Å². The number of hydrogen-bond donors (Lipinski definition) is 3. The van der Waals surface area contributed by atoms with Gasteiger partial charge in [0, 0.05) is 54.0 Å². The maximum absolute atomic E-state index is 13.4. The fraction of sp³-hybridized carbons (Fsp3) is 0.290. The van der Waals surface area contributed by atoms with E-state index in [1.54, 1.807) is 18.6 Å². The van der Waals surface area contributed by atoms with Gasteiger partial charge in [-0.1, -0.05) is 36.4 Å². The number of aromatic nitrogens is 4. The molecule has 42 heavy (non-hydrogen) atoms. The average molecular weight is 563 g/mol. The minimum atomic E-state index is -1.46. The lowest BCUT2D eigenvalue weighted by Gasteiger charge is -2.44. The molecule has 4 aromatic rings. The third-order valence-electron chi connectivity index (χ3n) is 8.52. The number of nitrogen functional groups attached to an aromatic ring is 1. The highest BCUT2D eigenvalue weighted by Crippen LogP contribution is 2.47. The van der Waals surface area contributed by atoms with Gasteiger partial charge < -0.3 is 21.1 Å². The van der Waals surface area contributed by atoms with Crippen LogP contribution in [0.15, 0.2) is 72.1 Å². The summed E-state index contributed by atoms with van der Waals surface area (Å²) in [5.41, 5.74) is 9.20. The first-order valence-electron chi connectivity index (χ1n) is 14.1. The van der Waals surface area contributed by atoms with Gasteiger partial charge >= 0.3 is 0 Å². The number of rotatable bonds is 5. The molecule has 6 heterocycles. The summed E-state index contributed by atoms with van der Waals surface area (Å²) in [6.45, 7) is 1.86. The second kappa shape index (κ2) is 9.88. The maximum atomic E-state index is 13.4. The van der Waals surface area contributed by atoms with Crippen molar-refractivity contribution in [2.75, 3.05) is 12.3 Å². The van der Waals surface area contributed by atoms with Crippen LogP contribution < -0.4 is 11.1 Å². The number of piperidine rings is 1. The molecule has 0 saturated carbocycles. The van der Waals surface area contributed by atoms with Crippen LogP contribution in [0, 0.1) is 0 Å². The molecular weight excluding hydrogens is 532 g/mol. The van der Waals surface area contributed by atoms with E-state index in [0.29, 0.717) is 23.6 Å². The molecule has 11 nitrogen and oxygen atoms in total. The third kappa shape index (κ3) is 4.16. The summed E-state index contributed by atoms with van der Waals surface area (Å²) in [4.78, 5) is 42.0. The Morgan fingerprint density at radius 1 is 1.05 bits per heavy atom. The molecule has 2 saturated heterocycles. The summed E-state index contributed by atoms with van der Waals surface area (Å²) in [5.74, 6) is -0.0545. The van der Waals surface area contributed by atoms with Gasteiger partial charge in [0.1, 0.15) is 11.4 Å². The van der Waals surface area contributed by atoms with E-state index in [-0.39, 0.29) is 53.7 Å². The highest BCUT2D eigenvalue weighted by atomic mass is 16.3. The molecule has 3 aliphatic rings. The van der Waals surface area contributed by atoms with Gasteiger partial charge in [-0.15, -0.1) is 0 Å². The molecule has 7 rings (SSSR count). The zero-order valence-electron chi connectivity index (χ0n) is 23.1. The van der Waals surface area contributed by atoms with E-state index in [0.717, 1.165) is 29.7 Å². The van der Waals surface area contributed by atoms with Gasteiger partial charge in [-0.2, -0.15) is 9.61 Å². The van der Waals surface area contributed by atoms with Crippen LogP contribution in [-0.2, 0) is 10.4 Å². The molecule has 0 spiro atoms. The van der Waals surface area contributed by atoms with Crippen molar-refractivity contribution < 1.29 is 14.7 Å². The van der Waals surface area contributed by atoms with Crippen molar-refractivity contribution in [2.24, 2.45) is 4.99 Å². The van der Waals surface area contributed by atoms with E-state index in [4.69, 9.17) is 10.7 Å². The zero-order chi connectivity index (χ0) is 29.0. The van der Waals surface area contributed by atoms with Crippen LogP contribution in [0.25, 0.3) is 28.0 Å². The molecule has 2 atom stereocenters. The van der Waals surface area contributed by atoms with Crippen LogP contribution in [0.2, 0.25) is 0 Å². The number of nitrogens with one attached hydrogen (secondary N) is 1. The first-order valence-corrected chi connectivity index (χ1v) is 14.1. The molecule has 2 fully saturated rings. The molecule has 2 unspecified atom stereocenters. The number of ketones is 1. The molecule has 212 valence electrons. The van der Waals surface area contributed by atoms with Gasteiger partial charge in [0.2, 0.25) is 0 Å². The number of aliphatic imine (C=N–C) groups is 1. The average Bonchev–Trinajstić information content (AvgIpc) is 3.56. The van der Waals surface area contributed by atoms with Crippen LogP contribution in [0.3, 0.4) is 0 Å². The number of nitrogens with two attached hydrogens (primary N) is 1. The SMILES string of the molecule is CC(=O)c1c(C2(O)CC3CCC(C2)N3C(=O)C2=NCC=CN2)nc2c(-c3ccc(-c4ccccc4)nc3)cnn2c1N. The van der Waals surface area contributed by atoms with Crippen molar-refractivity contribution in [1.82, 2.24) is 29.8 Å². The molecule has 11 heteroatoms. The second-order valence-corrected chi connectivity index (χ2v) is 11.1. The maximum Gasteiger partial charge on any atom is 0.289 e. The Morgan fingerprint density at radius 2 is 1.81 bits per heavy atom. The fourth-order valence-corrected chi connectivity index (χ4v) is 6.62. The Balaban J connectivity index is 1.27. The van der Waals surface area contributed by atoms with Gasteiger partial charge in [-0.05, 0) is 31.9 Å². The summed E-state index contributed by atoms with van der Waals surface area (Å²) in [6, 6.07) is 13.3. The van der Waals surface area contributed by atoms with E-state index in [1.807, 2.05) is 53.4 Å². The summed E-state index contributed by atoms with van der Waals surface area (Å²) >= 11 is 0. The third-order valence-corrected chi connectivity index (χ3v) is 8.52. The number of fused-ring (bicyclic) bond motifs is 3. The van der Waals surface area contributed by atoms with E-state index < -0.39 is 5.60 Å². The predicted molar refractivity (Wildman–Crippen MR) is 157 cm³/mol. The van der Waals surface area contributed by atoms with E-state index >= 15 is 0 Å². The summed E-state index contributed by atoms with van der Waals surface area (Å²) in [7, 11) is 0. The molecule has 2 bridgehead atoms. The normalized spacial score (nSPS) is 23.1. The summed E-state index contributed by atoms with van der Waals surface area (Å²) in [6.07, 6.45) is 8.92. The van der Waals surface area contributed by atoms with Crippen molar-refractivity contribution in [2.45, 2.75) is 50.3 Å². The molecule has 1 aromatic carbocycles.